The molecule has 1 aliphatic heterocycles. The predicted molar refractivity (Wildman–Crippen MR) is 83.7 cm³/mol. The van der Waals surface area contributed by atoms with Crippen molar-refractivity contribution in [3.8, 4) is 0 Å². The summed E-state index contributed by atoms with van der Waals surface area (Å²) in [4.78, 5) is 37.8. The van der Waals surface area contributed by atoms with Crippen LogP contribution in [0.5, 0.6) is 0 Å². The highest BCUT2D eigenvalue weighted by atomic mass is 35.5. The lowest BCUT2D eigenvalue weighted by molar-refractivity contribution is -0.137. The molecule has 1 aromatic rings. The van der Waals surface area contributed by atoms with Gasteiger partial charge in [-0.25, -0.2) is 0 Å². The van der Waals surface area contributed by atoms with Crippen molar-refractivity contribution in [2.45, 2.75) is 13.3 Å². The second-order valence-corrected chi connectivity index (χ2v) is 5.62. The van der Waals surface area contributed by atoms with E-state index in [4.69, 9.17) is 11.6 Å². The number of rotatable bonds is 4. The molecule has 1 aromatic carbocycles. The number of benzene rings is 1. The van der Waals surface area contributed by atoms with Crippen molar-refractivity contribution in [2.24, 2.45) is 0 Å². The van der Waals surface area contributed by atoms with Crippen molar-refractivity contribution in [3.63, 3.8) is 0 Å². The van der Waals surface area contributed by atoms with Crippen LogP contribution in [-0.4, -0.2) is 54.2 Å². The molecule has 1 N–H and O–H groups in total. The first-order valence-electron chi connectivity index (χ1n) is 7.02. The lowest BCUT2D eigenvalue weighted by atomic mass is 10.2. The van der Waals surface area contributed by atoms with Crippen molar-refractivity contribution >= 4 is 35.5 Å². The SMILES string of the molecule is Cc1ccc(NC(=O)CC(=O)N2CCN(C=O)CC2)cc1Cl. The second-order valence-electron chi connectivity index (χ2n) is 5.21. The van der Waals surface area contributed by atoms with Gasteiger partial charge in [-0.2, -0.15) is 0 Å². The third-order valence-corrected chi connectivity index (χ3v) is 3.99. The molecule has 1 heterocycles. The van der Waals surface area contributed by atoms with Gasteiger partial charge in [-0.1, -0.05) is 17.7 Å². The van der Waals surface area contributed by atoms with E-state index >= 15 is 0 Å². The molecule has 22 heavy (non-hydrogen) atoms. The van der Waals surface area contributed by atoms with E-state index in [0.717, 1.165) is 12.0 Å². The number of amides is 3. The van der Waals surface area contributed by atoms with Gasteiger partial charge in [0.25, 0.3) is 0 Å². The molecule has 3 amide bonds. The molecule has 1 aliphatic rings. The molecule has 6 nitrogen and oxygen atoms in total. The van der Waals surface area contributed by atoms with Crippen molar-refractivity contribution in [2.75, 3.05) is 31.5 Å². The maximum Gasteiger partial charge on any atom is 0.233 e. The number of hydrogen-bond donors (Lipinski definition) is 1. The molecular formula is C15H18ClN3O3. The summed E-state index contributed by atoms with van der Waals surface area (Å²) < 4.78 is 0. The van der Waals surface area contributed by atoms with E-state index in [1.54, 1.807) is 28.0 Å². The zero-order valence-corrected chi connectivity index (χ0v) is 13.1. The Morgan fingerprint density at radius 1 is 1.27 bits per heavy atom. The van der Waals surface area contributed by atoms with Crippen molar-refractivity contribution in [3.05, 3.63) is 28.8 Å². The van der Waals surface area contributed by atoms with E-state index in [2.05, 4.69) is 5.32 Å². The molecule has 0 spiro atoms. The average molecular weight is 324 g/mol. The number of piperazine rings is 1. The molecule has 0 aliphatic carbocycles. The Morgan fingerprint density at radius 3 is 2.55 bits per heavy atom. The number of carbonyl (C=O) groups is 3. The Hall–Kier alpha value is -2.08. The van der Waals surface area contributed by atoms with Gasteiger partial charge < -0.3 is 15.1 Å². The van der Waals surface area contributed by atoms with Gasteiger partial charge in [0, 0.05) is 36.9 Å². The Labute approximate surface area is 134 Å². The molecule has 0 aromatic heterocycles. The zero-order valence-electron chi connectivity index (χ0n) is 12.3. The van der Waals surface area contributed by atoms with Crippen LogP contribution in [0.4, 0.5) is 5.69 Å². The number of nitrogens with one attached hydrogen (secondary N) is 1. The normalized spacial score (nSPS) is 14.6. The maximum atomic E-state index is 12.0. The fourth-order valence-electron chi connectivity index (χ4n) is 2.20. The van der Waals surface area contributed by atoms with Crippen molar-refractivity contribution in [1.29, 1.82) is 0 Å². The van der Waals surface area contributed by atoms with Crippen LogP contribution in [0.2, 0.25) is 5.02 Å². The molecule has 0 atom stereocenters. The fourth-order valence-corrected chi connectivity index (χ4v) is 2.38. The summed E-state index contributed by atoms with van der Waals surface area (Å²) in [6.45, 7) is 3.80. The van der Waals surface area contributed by atoms with Gasteiger partial charge in [0.1, 0.15) is 6.42 Å². The van der Waals surface area contributed by atoms with Crippen LogP contribution in [0, 0.1) is 6.92 Å². The van der Waals surface area contributed by atoms with Gasteiger partial charge in [0.2, 0.25) is 18.2 Å². The van der Waals surface area contributed by atoms with Gasteiger partial charge >= 0.3 is 0 Å². The smallest absolute Gasteiger partial charge is 0.233 e. The van der Waals surface area contributed by atoms with Gasteiger partial charge in [-0.15, -0.1) is 0 Å². The van der Waals surface area contributed by atoms with Gasteiger partial charge in [0.15, 0.2) is 0 Å². The Morgan fingerprint density at radius 2 is 1.95 bits per heavy atom. The summed E-state index contributed by atoms with van der Waals surface area (Å²) in [7, 11) is 0. The van der Waals surface area contributed by atoms with Gasteiger partial charge in [-0.3, -0.25) is 14.4 Å². The molecule has 1 saturated heterocycles. The number of anilines is 1. The van der Waals surface area contributed by atoms with Crippen LogP contribution in [0.1, 0.15) is 12.0 Å². The number of carbonyl (C=O) groups excluding carboxylic acids is 3. The zero-order chi connectivity index (χ0) is 16.1. The Balaban J connectivity index is 1.85. The first-order chi connectivity index (χ1) is 10.5. The summed E-state index contributed by atoms with van der Waals surface area (Å²) in [6, 6.07) is 5.20. The molecular weight excluding hydrogens is 306 g/mol. The summed E-state index contributed by atoms with van der Waals surface area (Å²) in [5.74, 6) is -0.607. The lowest BCUT2D eigenvalue weighted by Crippen LogP contribution is -2.48. The van der Waals surface area contributed by atoms with Gasteiger partial charge in [0.05, 0.1) is 0 Å². The summed E-state index contributed by atoms with van der Waals surface area (Å²) in [5.41, 5.74) is 1.49. The lowest BCUT2D eigenvalue weighted by Gasteiger charge is -2.32. The van der Waals surface area contributed by atoms with Crippen molar-refractivity contribution < 1.29 is 14.4 Å². The molecule has 0 radical (unpaired) electrons. The molecule has 2 rings (SSSR count). The summed E-state index contributed by atoms with van der Waals surface area (Å²) >= 11 is 5.99. The van der Waals surface area contributed by atoms with Crippen LogP contribution in [-0.2, 0) is 14.4 Å². The standard InChI is InChI=1S/C15H18ClN3O3/c1-11-2-3-12(8-13(11)16)17-14(21)9-15(22)19-6-4-18(10-20)5-7-19/h2-3,8,10H,4-7,9H2,1H3,(H,17,21). The first-order valence-corrected chi connectivity index (χ1v) is 7.40. The summed E-state index contributed by atoms with van der Waals surface area (Å²) in [5, 5.41) is 3.23. The average Bonchev–Trinajstić information content (AvgIpc) is 2.51. The van der Waals surface area contributed by atoms with Gasteiger partial charge in [-0.05, 0) is 24.6 Å². The molecule has 0 saturated carbocycles. The molecule has 1 fully saturated rings. The van der Waals surface area contributed by atoms with Crippen molar-refractivity contribution in [1.82, 2.24) is 9.80 Å². The topological polar surface area (TPSA) is 69.7 Å². The number of nitrogens with zero attached hydrogens (tertiary/aromatic N) is 2. The molecule has 7 heteroatoms. The van der Waals surface area contributed by atoms with Crippen LogP contribution in [0.3, 0.4) is 0 Å². The van der Waals surface area contributed by atoms with E-state index < -0.39 is 0 Å². The van der Waals surface area contributed by atoms with Crippen LogP contribution >= 0.6 is 11.6 Å². The third-order valence-electron chi connectivity index (χ3n) is 3.58. The van der Waals surface area contributed by atoms with Crippen LogP contribution in [0.25, 0.3) is 0 Å². The highest BCUT2D eigenvalue weighted by molar-refractivity contribution is 6.31. The number of aryl methyl sites for hydroxylation is 1. The van der Waals surface area contributed by atoms with E-state index in [9.17, 15) is 14.4 Å². The largest absolute Gasteiger partial charge is 0.342 e. The molecule has 0 unspecified atom stereocenters. The van der Waals surface area contributed by atoms with Crippen LogP contribution in [0.15, 0.2) is 18.2 Å². The second kappa shape index (κ2) is 7.26. The Kier molecular flexibility index (Phi) is 5.38. The minimum Gasteiger partial charge on any atom is -0.342 e. The highest BCUT2D eigenvalue weighted by Gasteiger charge is 2.22. The Bertz CT molecular complexity index is 583. The number of hydrogen-bond acceptors (Lipinski definition) is 3. The molecule has 0 bridgehead atoms. The van der Waals surface area contributed by atoms with E-state index in [1.807, 2.05) is 6.92 Å². The first kappa shape index (κ1) is 16.3. The van der Waals surface area contributed by atoms with E-state index in [0.29, 0.717) is 36.9 Å². The van der Waals surface area contributed by atoms with E-state index in [-0.39, 0.29) is 18.2 Å². The van der Waals surface area contributed by atoms with Crippen LogP contribution < -0.4 is 5.32 Å². The quantitative estimate of drug-likeness (QED) is 0.670. The predicted octanol–water partition coefficient (Wildman–Crippen LogP) is 1.28. The van der Waals surface area contributed by atoms with E-state index in [1.165, 1.54) is 0 Å². The minimum atomic E-state index is -0.372. The number of halogens is 1. The minimum absolute atomic E-state index is 0.216. The maximum absolute atomic E-state index is 12.0. The third kappa shape index (κ3) is 4.21. The monoisotopic (exact) mass is 323 g/mol. The highest BCUT2D eigenvalue weighted by Crippen LogP contribution is 2.20. The fraction of sp³-hybridized carbons (Fsp3) is 0.400. The molecule has 118 valence electrons. The summed E-state index contributed by atoms with van der Waals surface area (Å²) in [6.07, 6.45) is 0.558.